The van der Waals surface area contributed by atoms with Gasteiger partial charge in [-0.15, -0.1) is 0 Å². The van der Waals surface area contributed by atoms with Gasteiger partial charge in [-0.05, 0) is 25.1 Å². The molecule has 0 unspecified atom stereocenters. The van der Waals surface area contributed by atoms with Crippen LogP contribution < -0.4 is 0 Å². The fraction of sp³-hybridized carbons (Fsp3) is 0.200. The molecule has 3 heterocycles. The standard InChI is InChI=1S/C15H9F3N4O2S/c1-8-5-10(15(16,17)18)9(6-19)14(20-8)25-7-12-21-13(24-22-12)11-3-2-4-23-11/h2-5H,7H2,1H3. The van der Waals surface area contributed by atoms with Crippen LogP contribution in [0.3, 0.4) is 0 Å². The van der Waals surface area contributed by atoms with Crippen molar-refractivity contribution in [3.63, 3.8) is 0 Å². The number of thioether (sulfide) groups is 1. The lowest BCUT2D eigenvalue weighted by Gasteiger charge is -2.12. The summed E-state index contributed by atoms with van der Waals surface area (Å²) < 4.78 is 49.4. The molecule has 0 fully saturated rings. The first-order valence-electron chi connectivity index (χ1n) is 6.86. The van der Waals surface area contributed by atoms with Crippen LogP contribution in [0, 0.1) is 18.3 Å². The first kappa shape index (κ1) is 17.0. The summed E-state index contributed by atoms with van der Waals surface area (Å²) in [5, 5.41) is 12.8. The largest absolute Gasteiger partial charge is 0.459 e. The van der Waals surface area contributed by atoms with Crippen LogP contribution in [0.2, 0.25) is 0 Å². The molecule has 0 N–H and O–H groups in total. The Hall–Kier alpha value is -2.80. The number of nitrogens with zero attached hydrogens (tertiary/aromatic N) is 4. The van der Waals surface area contributed by atoms with Gasteiger partial charge in [0.15, 0.2) is 11.6 Å². The van der Waals surface area contributed by atoms with Crippen LogP contribution in [-0.4, -0.2) is 15.1 Å². The minimum Gasteiger partial charge on any atom is -0.459 e. The van der Waals surface area contributed by atoms with Gasteiger partial charge in [0, 0.05) is 5.69 Å². The highest BCUT2D eigenvalue weighted by molar-refractivity contribution is 7.98. The Kier molecular flexibility index (Phi) is 4.50. The first-order valence-corrected chi connectivity index (χ1v) is 7.85. The maximum absolute atomic E-state index is 13.1. The summed E-state index contributed by atoms with van der Waals surface area (Å²) in [6, 6.07) is 5.72. The molecule has 25 heavy (non-hydrogen) atoms. The molecular weight excluding hydrogens is 357 g/mol. The zero-order valence-corrected chi connectivity index (χ0v) is 13.5. The molecule has 0 saturated carbocycles. The van der Waals surface area contributed by atoms with Gasteiger partial charge in [-0.2, -0.15) is 23.4 Å². The first-order chi connectivity index (χ1) is 11.9. The Morgan fingerprint density at radius 2 is 2.12 bits per heavy atom. The van der Waals surface area contributed by atoms with Crippen LogP contribution in [0.4, 0.5) is 13.2 Å². The van der Waals surface area contributed by atoms with Crippen LogP contribution in [0.1, 0.15) is 22.6 Å². The summed E-state index contributed by atoms with van der Waals surface area (Å²) in [4.78, 5) is 8.12. The third kappa shape index (κ3) is 3.66. The van der Waals surface area contributed by atoms with E-state index in [1.54, 1.807) is 18.2 Å². The second-order valence-electron chi connectivity index (χ2n) is 4.88. The average molecular weight is 366 g/mol. The summed E-state index contributed by atoms with van der Waals surface area (Å²) in [7, 11) is 0. The van der Waals surface area contributed by atoms with E-state index in [9.17, 15) is 13.2 Å². The lowest BCUT2D eigenvalue weighted by molar-refractivity contribution is -0.138. The van der Waals surface area contributed by atoms with Gasteiger partial charge < -0.3 is 8.94 Å². The normalized spacial score (nSPS) is 11.5. The van der Waals surface area contributed by atoms with Crippen molar-refractivity contribution in [2.75, 3.05) is 0 Å². The Morgan fingerprint density at radius 3 is 2.76 bits per heavy atom. The molecule has 0 aliphatic carbocycles. The highest BCUT2D eigenvalue weighted by atomic mass is 32.2. The minimum atomic E-state index is -4.63. The SMILES string of the molecule is Cc1cc(C(F)(F)F)c(C#N)c(SCc2noc(-c3ccco3)n2)n1. The van der Waals surface area contributed by atoms with E-state index in [4.69, 9.17) is 14.2 Å². The molecule has 0 amide bonds. The monoisotopic (exact) mass is 366 g/mol. The highest BCUT2D eigenvalue weighted by Gasteiger charge is 2.35. The minimum absolute atomic E-state index is 0.0285. The van der Waals surface area contributed by atoms with Gasteiger partial charge in [0.2, 0.25) is 0 Å². The van der Waals surface area contributed by atoms with E-state index in [-0.39, 0.29) is 28.2 Å². The fourth-order valence-corrected chi connectivity index (χ4v) is 2.92. The number of alkyl halides is 3. The number of hydrogen-bond donors (Lipinski definition) is 0. The van der Waals surface area contributed by atoms with E-state index in [2.05, 4.69) is 15.1 Å². The fourth-order valence-electron chi connectivity index (χ4n) is 2.03. The molecule has 6 nitrogen and oxygen atoms in total. The molecule has 0 spiro atoms. The van der Waals surface area contributed by atoms with Gasteiger partial charge in [0.25, 0.3) is 5.89 Å². The summed E-state index contributed by atoms with van der Waals surface area (Å²) in [6.45, 7) is 1.43. The molecule has 0 saturated heterocycles. The molecule has 3 aromatic heterocycles. The Bertz CT molecular complexity index is 929. The van der Waals surface area contributed by atoms with Crippen LogP contribution in [0.25, 0.3) is 11.7 Å². The van der Waals surface area contributed by atoms with Crippen LogP contribution in [-0.2, 0) is 11.9 Å². The predicted molar refractivity (Wildman–Crippen MR) is 80.3 cm³/mol. The summed E-state index contributed by atoms with van der Waals surface area (Å²) in [6.07, 6.45) is -3.19. The lowest BCUT2D eigenvalue weighted by atomic mass is 10.1. The molecule has 3 aromatic rings. The average Bonchev–Trinajstić information content (AvgIpc) is 3.22. The van der Waals surface area contributed by atoms with Crippen molar-refractivity contribution in [2.24, 2.45) is 0 Å². The van der Waals surface area contributed by atoms with Crippen molar-refractivity contribution >= 4 is 11.8 Å². The quantitative estimate of drug-likeness (QED) is 0.639. The number of nitriles is 1. The van der Waals surface area contributed by atoms with Gasteiger partial charge >= 0.3 is 6.18 Å². The molecule has 3 rings (SSSR count). The molecule has 0 aliphatic rings. The number of pyridine rings is 1. The number of halogens is 3. The molecule has 10 heteroatoms. The van der Waals surface area contributed by atoms with Crippen molar-refractivity contribution in [1.82, 2.24) is 15.1 Å². The third-order valence-corrected chi connectivity index (χ3v) is 4.04. The van der Waals surface area contributed by atoms with Crippen LogP contribution in [0.15, 0.2) is 38.4 Å². The molecule has 0 aromatic carbocycles. The van der Waals surface area contributed by atoms with Crippen molar-refractivity contribution < 1.29 is 22.1 Å². The van der Waals surface area contributed by atoms with Crippen molar-refractivity contribution in [3.8, 4) is 17.7 Å². The summed E-state index contributed by atoms with van der Waals surface area (Å²) in [5.74, 6) is 0.882. The predicted octanol–water partition coefficient (Wildman–Crippen LogP) is 4.22. The van der Waals surface area contributed by atoms with Crippen LogP contribution in [0.5, 0.6) is 0 Å². The van der Waals surface area contributed by atoms with Crippen LogP contribution >= 0.6 is 11.8 Å². The maximum atomic E-state index is 13.1. The molecule has 0 bridgehead atoms. The molecule has 0 aliphatic heterocycles. The van der Waals surface area contributed by atoms with Gasteiger partial charge in [0.1, 0.15) is 11.1 Å². The molecule has 0 radical (unpaired) electrons. The Morgan fingerprint density at radius 1 is 1.32 bits per heavy atom. The van der Waals surface area contributed by atoms with E-state index in [0.717, 1.165) is 17.8 Å². The molecule has 128 valence electrons. The second-order valence-corrected chi connectivity index (χ2v) is 5.85. The number of rotatable bonds is 4. The zero-order valence-electron chi connectivity index (χ0n) is 12.7. The van der Waals surface area contributed by atoms with Gasteiger partial charge in [-0.3, -0.25) is 0 Å². The van der Waals surface area contributed by atoms with E-state index in [1.807, 2.05) is 0 Å². The Labute approximate surface area is 143 Å². The molecular formula is C15H9F3N4O2S. The van der Waals surface area contributed by atoms with Gasteiger partial charge in [-0.25, -0.2) is 4.98 Å². The number of hydrogen-bond acceptors (Lipinski definition) is 7. The smallest absolute Gasteiger partial charge is 0.417 e. The number of aromatic nitrogens is 3. The highest BCUT2D eigenvalue weighted by Crippen LogP contribution is 2.36. The Balaban J connectivity index is 1.84. The topological polar surface area (TPSA) is 88.7 Å². The lowest BCUT2D eigenvalue weighted by Crippen LogP contribution is -2.10. The van der Waals surface area contributed by atoms with Crippen molar-refractivity contribution in [3.05, 3.63) is 47.1 Å². The maximum Gasteiger partial charge on any atom is 0.417 e. The number of furan rings is 1. The van der Waals surface area contributed by atoms with E-state index in [0.29, 0.717) is 5.76 Å². The van der Waals surface area contributed by atoms with E-state index < -0.39 is 17.3 Å². The van der Waals surface area contributed by atoms with E-state index in [1.165, 1.54) is 13.2 Å². The second kappa shape index (κ2) is 6.60. The number of aryl methyl sites for hydroxylation is 1. The molecule has 0 atom stereocenters. The summed E-state index contributed by atoms with van der Waals surface area (Å²) >= 11 is 0.931. The van der Waals surface area contributed by atoms with Crippen molar-refractivity contribution in [2.45, 2.75) is 23.9 Å². The third-order valence-electron chi connectivity index (χ3n) is 3.07. The van der Waals surface area contributed by atoms with Gasteiger partial charge in [0.05, 0.1) is 23.1 Å². The zero-order chi connectivity index (χ0) is 18.0. The summed E-state index contributed by atoms with van der Waals surface area (Å²) in [5.41, 5.74) is -1.36. The van der Waals surface area contributed by atoms with Crippen molar-refractivity contribution in [1.29, 1.82) is 5.26 Å². The van der Waals surface area contributed by atoms with Gasteiger partial charge in [-0.1, -0.05) is 16.9 Å². The van der Waals surface area contributed by atoms with E-state index >= 15 is 0 Å².